The lowest BCUT2D eigenvalue weighted by molar-refractivity contribution is 0.102. The minimum absolute atomic E-state index is 0.270. The summed E-state index contributed by atoms with van der Waals surface area (Å²) in [5, 5.41) is 9.45. The van der Waals surface area contributed by atoms with Gasteiger partial charge in [0.05, 0.1) is 0 Å². The Morgan fingerprint density at radius 1 is 1.14 bits per heavy atom. The maximum atomic E-state index is 12.1. The Hall–Kier alpha value is -2.95. The summed E-state index contributed by atoms with van der Waals surface area (Å²) in [4.78, 5) is 16.2. The van der Waals surface area contributed by atoms with E-state index in [2.05, 4.69) is 32.6 Å². The number of benzene rings is 1. The summed E-state index contributed by atoms with van der Waals surface area (Å²) in [5.74, 6) is 0.257. The molecule has 1 aromatic carbocycles. The number of H-pyrrole nitrogens is 1. The van der Waals surface area contributed by atoms with Crippen molar-refractivity contribution in [3.8, 4) is 0 Å². The van der Waals surface area contributed by atoms with E-state index in [4.69, 9.17) is 0 Å². The first-order valence-corrected chi connectivity index (χ1v) is 7.03. The molecule has 0 saturated carbocycles. The van der Waals surface area contributed by atoms with Crippen molar-refractivity contribution in [2.45, 2.75) is 13.3 Å². The van der Waals surface area contributed by atoms with Crippen molar-refractivity contribution < 1.29 is 4.79 Å². The van der Waals surface area contributed by atoms with Gasteiger partial charge in [0.1, 0.15) is 5.82 Å². The average molecular weight is 292 g/mol. The van der Waals surface area contributed by atoms with Crippen molar-refractivity contribution in [2.75, 3.05) is 5.32 Å². The monoisotopic (exact) mass is 292 g/mol. The van der Waals surface area contributed by atoms with Crippen LogP contribution in [-0.2, 0) is 6.42 Å². The summed E-state index contributed by atoms with van der Waals surface area (Å²) in [6.45, 7) is 1.85. The second-order valence-corrected chi connectivity index (χ2v) is 5.10. The van der Waals surface area contributed by atoms with Crippen LogP contribution in [0.1, 0.15) is 27.3 Å². The van der Waals surface area contributed by atoms with E-state index < -0.39 is 0 Å². The number of amides is 1. The summed E-state index contributed by atoms with van der Waals surface area (Å²) in [7, 11) is 0. The number of aryl methyl sites for hydroxylation is 1. The molecule has 0 aliphatic heterocycles. The van der Waals surface area contributed by atoms with Crippen molar-refractivity contribution in [3.05, 3.63) is 77.2 Å². The molecular weight excluding hydrogens is 276 g/mol. The number of carbonyl (C=O) groups is 1. The first-order valence-electron chi connectivity index (χ1n) is 7.03. The van der Waals surface area contributed by atoms with Gasteiger partial charge >= 0.3 is 0 Å². The summed E-state index contributed by atoms with van der Waals surface area (Å²) >= 11 is 0. The molecule has 1 amide bonds. The fraction of sp³-hybridized carbons (Fsp3) is 0.118. The van der Waals surface area contributed by atoms with Gasteiger partial charge in [-0.2, -0.15) is 5.10 Å². The van der Waals surface area contributed by atoms with Crippen LogP contribution in [0.2, 0.25) is 0 Å². The van der Waals surface area contributed by atoms with E-state index in [1.165, 1.54) is 5.56 Å². The third-order valence-electron chi connectivity index (χ3n) is 3.26. The van der Waals surface area contributed by atoms with Gasteiger partial charge in [0.25, 0.3) is 5.91 Å². The Morgan fingerprint density at radius 2 is 1.95 bits per heavy atom. The van der Waals surface area contributed by atoms with Gasteiger partial charge in [-0.3, -0.25) is 9.89 Å². The smallest absolute Gasteiger partial charge is 0.277 e. The van der Waals surface area contributed by atoms with Gasteiger partial charge < -0.3 is 5.32 Å². The third-order valence-corrected chi connectivity index (χ3v) is 3.26. The molecular formula is C17H16N4O. The first kappa shape index (κ1) is 14.0. The zero-order valence-corrected chi connectivity index (χ0v) is 12.2. The molecule has 3 rings (SSSR count). The number of hydrogen-bond donors (Lipinski definition) is 2. The normalized spacial score (nSPS) is 10.4. The molecule has 0 aliphatic carbocycles. The Labute approximate surface area is 128 Å². The number of rotatable bonds is 4. The van der Waals surface area contributed by atoms with Crippen LogP contribution in [0.4, 0.5) is 5.82 Å². The predicted octanol–water partition coefficient (Wildman–Crippen LogP) is 2.96. The van der Waals surface area contributed by atoms with Gasteiger partial charge in [-0.15, -0.1) is 0 Å². The molecule has 5 nitrogen and oxygen atoms in total. The third kappa shape index (κ3) is 3.38. The van der Waals surface area contributed by atoms with E-state index in [0.29, 0.717) is 11.5 Å². The van der Waals surface area contributed by atoms with Gasteiger partial charge in [-0.1, -0.05) is 30.3 Å². The molecule has 0 spiro atoms. The summed E-state index contributed by atoms with van der Waals surface area (Å²) in [6, 6.07) is 15.7. The zero-order chi connectivity index (χ0) is 15.4. The molecule has 0 aliphatic rings. The number of nitrogens with zero attached hydrogens (tertiary/aromatic N) is 2. The van der Waals surface area contributed by atoms with E-state index in [9.17, 15) is 4.79 Å². The van der Waals surface area contributed by atoms with Crippen LogP contribution in [0.5, 0.6) is 0 Å². The Balaban J connectivity index is 1.72. The van der Waals surface area contributed by atoms with Crippen molar-refractivity contribution in [3.63, 3.8) is 0 Å². The van der Waals surface area contributed by atoms with E-state index >= 15 is 0 Å². The predicted molar refractivity (Wildman–Crippen MR) is 84.8 cm³/mol. The van der Waals surface area contributed by atoms with Crippen LogP contribution in [0.15, 0.2) is 54.7 Å². The molecule has 0 radical (unpaired) electrons. The molecule has 0 unspecified atom stereocenters. The summed E-state index contributed by atoms with van der Waals surface area (Å²) < 4.78 is 0. The van der Waals surface area contributed by atoms with E-state index in [1.807, 2.05) is 37.3 Å². The SMILES string of the molecule is Cc1cc(C(=O)Nc2cc(Cc3ccccc3)ccn2)n[nH]1. The highest BCUT2D eigenvalue weighted by Crippen LogP contribution is 2.13. The van der Waals surface area contributed by atoms with Gasteiger partial charge in [0.2, 0.25) is 0 Å². The lowest BCUT2D eigenvalue weighted by atomic mass is 10.1. The lowest BCUT2D eigenvalue weighted by Gasteiger charge is -2.05. The van der Waals surface area contributed by atoms with Crippen LogP contribution in [0.3, 0.4) is 0 Å². The number of anilines is 1. The highest BCUT2D eigenvalue weighted by Gasteiger charge is 2.10. The van der Waals surface area contributed by atoms with Crippen LogP contribution < -0.4 is 5.32 Å². The number of aromatic amines is 1. The maximum absolute atomic E-state index is 12.1. The number of pyridine rings is 1. The Morgan fingerprint density at radius 3 is 2.68 bits per heavy atom. The minimum atomic E-state index is -0.270. The maximum Gasteiger partial charge on any atom is 0.277 e. The largest absolute Gasteiger partial charge is 0.305 e. The molecule has 2 aromatic heterocycles. The van der Waals surface area contributed by atoms with Gasteiger partial charge in [0.15, 0.2) is 5.69 Å². The van der Waals surface area contributed by atoms with Crippen molar-refractivity contribution in [1.29, 1.82) is 0 Å². The number of aromatic nitrogens is 3. The molecule has 2 N–H and O–H groups in total. The average Bonchev–Trinajstić information content (AvgIpc) is 2.95. The summed E-state index contributed by atoms with van der Waals surface area (Å²) in [6.07, 6.45) is 2.50. The van der Waals surface area contributed by atoms with Crippen molar-refractivity contribution in [1.82, 2.24) is 15.2 Å². The second-order valence-electron chi connectivity index (χ2n) is 5.10. The molecule has 0 bridgehead atoms. The molecule has 110 valence electrons. The van der Waals surface area contributed by atoms with Crippen molar-refractivity contribution in [2.24, 2.45) is 0 Å². The van der Waals surface area contributed by atoms with Crippen LogP contribution in [0.25, 0.3) is 0 Å². The number of carbonyl (C=O) groups excluding carboxylic acids is 1. The van der Waals surface area contributed by atoms with Crippen molar-refractivity contribution >= 4 is 11.7 Å². The van der Waals surface area contributed by atoms with E-state index in [1.54, 1.807) is 12.3 Å². The molecule has 0 saturated heterocycles. The topological polar surface area (TPSA) is 70.7 Å². The van der Waals surface area contributed by atoms with Gasteiger partial charge in [0, 0.05) is 11.9 Å². The highest BCUT2D eigenvalue weighted by atomic mass is 16.2. The lowest BCUT2D eigenvalue weighted by Crippen LogP contribution is -2.13. The van der Waals surface area contributed by atoms with Gasteiger partial charge in [-0.05, 0) is 42.7 Å². The summed E-state index contributed by atoms with van der Waals surface area (Å²) in [5.41, 5.74) is 3.51. The van der Waals surface area contributed by atoms with Crippen LogP contribution in [-0.4, -0.2) is 21.1 Å². The molecule has 3 aromatic rings. The highest BCUT2D eigenvalue weighted by molar-refractivity contribution is 6.02. The fourth-order valence-corrected chi connectivity index (χ4v) is 2.20. The standard InChI is InChI=1S/C17H16N4O/c1-12-9-15(21-20-12)17(22)19-16-11-14(7-8-18-16)10-13-5-3-2-4-6-13/h2-9,11H,10H2,1H3,(H,20,21)(H,18,19,22). The second kappa shape index (κ2) is 6.22. The van der Waals surface area contributed by atoms with E-state index in [-0.39, 0.29) is 5.91 Å². The van der Waals surface area contributed by atoms with Gasteiger partial charge in [-0.25, -0.2) is 4.98 Å². The fourth-order valence-electron chi connectivity index (χ4n) is 2.20. The van der Waals surface area contributed by atoms with E-state index in [0.717, 1.165) is 17.7 Å². The molecule has 0 atom stereocenters. The first-order chi connectivity index (χ1) is 10.7. The Kier molecular flexibility index (Phi) is 3.96. The minimum Gasteiger partial charge on any atom is -0.305 e. The zero-order valence-electron chi connectivity index (χ0n) is 12.2. The van der Waals surface area contributed by atoms with Crippen LogP contribution >= 0.6 is 0 Å². The Bertz CT molecular complexity index is 780. The quantitative estimate of drug-likeness (QED) is 0.776. The molecule has 0 fully saturated rings. The molecule has 2 heterocycles. The molecule has 5 heteroatoms. The number of nitrogens with one attached hydrogen (secondary N) is 2. The van der Waals surface area contributed by atoms with Crippen LogP contribution in [0, 0.1) is 6.92 Å². The number of hydrogen-bond acceptors (Lipinski definition) is 3. The molecule has 22 heavy (non-hydrogen) atoms.